The third kappa shape index (κ3) is 5.29. The molecule has 3 rings (SSSR count). The van der Waals surface area contributed by atoms with E-state index < -0.39 is 0 Å². The molecule has 0 spiro atoms. The van der Waals surface area contributed by atoms with Gasteiger partial charge in [-0.25, -0.2) is 4.79 Å². The Kier molecular flexibility index (Phi) is 6.06. The van der Waals surface area contributed by atoms with Gasteiger partial charge >= 0.3 is 6.03 Å². The molecule has 2 aromatic rings. The van der Waals surface area contributed by atoms with Crippen molar-refractivity contribution < 1.29 is 19.0 Å². The smallest absolute Gasteiger partial charge is 0.315 e. The third-order valence-electron chi connectivity index (χ3n) is 4.21. The fraction of sp³-hybridized carbons (Fsp3) is 0.381. The van der Waals surface area contributed by atoms with Crippen LogP contribution in [0, 0.1) is 0 Å². The molecule has 2 aromatic carbocycles. The summed E-state index contributed by atoms with van der Waals surface area (Å²) in [7, 11) is 0. The number of nitrogens with one attached hydrogen (secondary N) is 2. The van der Waals surface area contributed by atoms with E-state index in [0.29, 0.717) is 6.54 Å². The lowest BCUT2D eigenvalue weighted by Crippen LogP contribution is -2.38. The minimum atomic E-state index is -0.196. The molecule has 0 aromatic heterocycles. The molecular weight excluding hydrogens is 344 g/mol. The SMILES string of the molecule is CC(C)Oc1cccc(C(C)NC(=O)NCCc2ccc3c(c2)OCO3)c1. The maximum absolute atomic E-state index is 12.2. The van der Waals surface area contributed by atoms with Crippen molar-refractivity contribution >= 4 is 6.03 Å². The molecule has 6 nitrogen and oxygen atoms in total. The number of carbonyl (C=O) groups is 1. The van der Waals surface area contributed by atoms with E-state index in [1.54, 1.807) is 0 Å². The van der Waals surface area contributed by atoms with Crippen LogP contribution in [0.25, 0.3) is 0 Å². The highest BCUT2D eigenvalue weighted by atomic mass is 16.7. The van der Waals surface area contributed by atoms with Crippen LogP contribution >= 0.6 is 0 Å². The second kappa shape index (κ2) is 8.66. The minimum Gasteiger partial charge on any atom is -0.491 e. The van der Waals surface area contributed by atoms with E-state index in [1.165, 1.54) is 0 Å². The van der Waals surface area contributed by atoms with Crippen molar-refractivity contribution in [1.82, 2.24) is 10.6 Å². The third-order valence-corrected chi connectivity index (χ3v) is 4.21. The number of ether oxygens (including phenoxy) is 3. The van der Waals surface area contributed by atoms with Crippen molar-refractivity contribution in [3.8, 4) is 17.2 Å². The highest BCUT2D eigenvalue weighted by Crippen LogP contribution is 2.32. The first kappa shape index (κ1) is 18.9. The molecule has 1 atom stereocenters. The molecule has 0 radical (unpaired) electrons. The molecule has 0 aliphatic carbocycles. The van der Waals surface area contributed by atoms with Gasteiger partial charge in [-0.3, -0.25) is 0 Å². The standard InChI is InChI=1S/C21H26N2O4/c1-14(2)27-18-6-4-5-17(12-18)15(3)23-21(24)22-10-9-16-7-8-19-20(11-16)26-13-25-19/h4-8,11-12,14-15H,9-10,13H2,1-3H3,(H2,22,23,24). The number of rotatable bonds is 7. The van der Waals surface area contributed by atoms with Crippen molar-refractivity contribution in [2.45, 2.75) is 39.3 Å². The highest BCUT2D eigenvalue weighted by Gasteiger charge is 2.14. The van der Waals surface area contributed by atoms with Crippen molar-refractivity contribution in [1.29, 1.82) is 0 Å². The van der Waals surface area contributed by atoms with Gasteiger partial charge in [0, 0.05) is 6.54 Å². The zero-order chi connectivity index (χ0) is 19.2. The second-order valence-electron chi connectivity index (χ2n) is 6.80. The fourth-order valence-corrected chi connectivity index (χ4v) is 2.88. The summed E-state index contributed by atoms with van der Waals surface area (Å²) >= 11 is 0. The quantitative estimate of drug-likeness (QED) is 0.778. The maximum atomic E-state index is 12.2. The van der Waals surface area contributed by atoms with Gasteiger partial charge in [0.2, 0.25) is 6.79 Å². The lowest BCUT2D eigenvalue weighted by molar-refractivity contribution is 0.174. The number of amides is 2. The molecule has 1 unspecified atom stereocenters. The van der Waals surface area contributed by atoms with Crippen molar-refractivity contribution in [3.05, 3.63) is 53.6 Å². The summed E-state index contributed by atoms with van der Waals surface area (Å²) in [5.74, 6) is 2.33. The Labute approximate surface area is 159 Å². The van der Waals surface area contributed by atoms with Gasteiger partial charge in [0.1, 0.15) is 5.75 Å². The van der Waals surface area contributed by atoms with Gasteiger partial charge in [-0.1, -0.05) is 18.2 Å². The van der Waals surface area contributed by atoms with Crippen LogP contribution in [0.2, 0.25) is 0 Å². The molecule has 27 heavy (non-hydrogen) atoms. The van der Waals surface area contributed by atoms with E-state index in [1.807, 2.05) is 63.2 Å². The Morgan fingerprint density at radius 2 is 1.93 bits per heavy atom. The molecule has 1 aliphatic rings. The van der Waals surface area contributed by atoms with E-state index in [2.05, 4.69) is 10.6 Å². The fourth-order valence-electron chi connectivity index (χ4n) is 2.88. The Hall–Kier alpha value is -2.89. The summed E-state index contributed by atoms with van der Waals surface area (Å²) in [5.41, 5.74) is 2.09. The number of benzene rings is 2. The largest absolute Gasteiger partial charge is 0.491 e. The summed E-state index contributed by atoms with van der Waals surface area (Å²) in [6, 6.07) is 13.3. The summed E-state index contributed by atoms with van der Waals surface area (Å²) in [6.07, 6.45) is 0.832. The molecule has 0 saturated heterocycles. The van der Waals surface area contributed by atoms with Crippen LogP contribution in [-0.4, -0.2) is 25.5 Å². The first-order valence-corrected chi connectivity index (χ1v) is 9.21. The van der Waals surface area contributed by atoms with Crippen LogP contribution < -0.4 is 24.8 Å². The lowest BCUT2D eigenvalue weighted by Gasteiger charge is -2.17. The summed E-state index contributed by atoms with van der Waals surface area (Å²) in [5, 5.41) is 5.85. The Bertz CT molecular complexity index is 792. The molecular formula is C21H26N2O4. The van der Waals surface area contributed by atoms with Crippen molar-refractivity contribution in [2.24, 2.45) is 0 Å². The van der Waals surface area contributed by atoms with Crippen LogP contribution in [0.5, 0.6) is 17.2 Å². The average molecular weight is 370 g/mol. The lowest BCUT2D eigenvalue weighted by atomic mass is 10.1. The van der Waals surface area contributed by atoms with Gasteiger partial charge in [0.15, 0.2) is 11.5 Å². The normalized spacial score (nSPS) is 13.3. The molecule has 144 valence electrons. The van der Waals surface area contributed by atoms with Gasteiger partial charge in [-0.15, -0.1) is 0 Å². The molecule has 6 heteroatoms. The van der Waals surface area contributed by atoms with Crippen LogP contribution in [0.1, 0.15) is 37.9 Å². The Morgan fingerprint density at radius 3 is 2.74 bits per heavy atom. The topological polar surface area (TPSA) is 68.8 Å². The number of carbonyl (C=O) groups excluding carboxylic acids is 1. The second-order valence-corrected chi connectivity index (χ2v) is 6.80. The number of urea groups is 1. The van der Waals surface area contributed by atoms with Crippen LogP contribution in [0.4, 0.5) is 4.79 Å². The number of fused-ring (bicyclic) bond motifs is 1. The molecule has 1 heterocycles. The van der Waals surface area contributed by atoms with E-state index in [4.69, 9.17) is 14.2 Å². The van der Waals surface area contributed by atoms with Crippen LogP contribution in [0.3, 0.4) is 0 Å². The van der Waals surface area contributed by atoms with E-state index >= 15 is 0 Å². The molecule has 2 amide bonds. The molecule has 1 aliphatic heterocycles. The summed E-state index contributed by atoms with van der Waals surface area (Å²) in [4.78, 5) is 12.2. The Balaban J connectivity index is 1.46. The molecule has 0 saturated carbocycles. The maximum Gasteiger partial charge on any atom is 0.315 e. The zero-order valence-electron chi connectivity index (χ0n) is 16.0. The zero-order valence-corrected chi connectivity index (χ0v) is 16.0. The summed E-state index contributed by atoms with van der Waals surface area (Å²) < 4.78 is 16.4. The number of hydrogen-bond donors (Lipinski definition) is 2. The molecule has 0 fully saturated rings. The van der Waals surface area contributed by atoms with Gasteiger partial charge < -0.3 is 24.8 Å². The minimum absolute atomic E-state index is 0.114. The van der Waals surface area contributed by atoms with Crippen molar-refractivity contribution in [3.63, 3.8) is 0 Å². The van der Waals surface area contributed by atoms with E-state index in [-0.39, 0.29) is 25.0 Å². The van der Waals surface area contributed by atoms with Gasteiger partial charge in [-0.2, -0.15) is 0 Å². The predicted octanol–water partition coefficient (Wildman–Crippen LogP) is 3.81. The van der Waals surface area contributed by atoms with Gasteiger partial charge in [0.05, 0.1) is 12.1 Å². The van der Waals surface area contributed by atoms with Crippen molar-refractivity contribution in [2.75, 3.05) is 13.3 Å². The number of hydrogen-bond acceptors (Lipinski definition) is 4. The van der Waals surface area contributed by atoms with Gasteiger partial charge in [-0.05, 0) is 62.6 Å². The van der Waals surface area contributed by atoms with E-state index in [0.717, 1.165) is 34.8 Å². The van der Waals surface area contributed by atoms with E-state index in [9.17, 15) is 4.79 Å². The first-order chi connectivity index (χ1) is 13.0. The predicted molar refractivity (Wildman–Crippen MR) is 103 cm³/mol. The average Bonchev–Trinajstić information content (AvgIpc) is 3.09. The molecule has 2 N–H and O–H groups in total. The molecule has 0 bridgehead atoms. The van der Waals surface area contributed by atoms with Crippen LogP contribution in [0.15, 0.2) is 42.5 Å². The van der Waals surface area contributed by atoms with Gasteiger partial charge in [0.25, 0.3) is 0 Å². The monoisotopic (exact) mass is 370 g/mol. The Morgan fingerprint density at radius 1 is 1.11 bits per heavy atom. The highest BCUT2D eigenvalue weighted by molar-refractivity contribution is 5.74. The first-order valence-electron chi connectivity index (χ1n) is 9.21. The van der Waals surface area contributed by atoms with Crippen LogP contribution in [-0.2, 0) is 6.42 Å². The summed E-state index contributed by atoms with van der Waals surface area (Å²) in [6.45, 7) is 6.73.